The van der Waals surface area contributed by atoms with Crippen molar-refractivity contribution in [3.63, 3.8) is 0 Å². The molecule has 0 heterocycles. The largest absolute Gasteiger partial charge is 0.496 e. The van der Waals surface area contributed by atoms with Gasteiger partial charge in [-0.05, 0) is 44.9 Å². The summed E-state index contributed by atoms with van der Waals surface area (Å²) >= 11 is 0. The van der Waals surface area contributed by atoms with E-state index in [9.17, 15) is 8.42 Å². The van der Waals surface area contributed by atoms with Crippen LogP contribution in [0.5, 0.6) is 5.75 Å². The summed E-state index contributed by atoms with van der Waals surface area (Å²) in [5.74, 6) is 6.29. The van der Waals surface area contributed by atoms with Crippen LogP contribution in [0.2, 0.25) is 0 Å². The number of nitrogens with one attached hydrogen (secondary N) is 1. The van der Waals surface area contributed by atoms with Gasteiger partial charge in [0.25, 0.3) is 0 Å². The molecular formula is C14H24N2O3S. The van der Waals surface area contributed by atoms with E-state index in [1.165, 1.54) is 6.26 Å². The number of rotatable bonds is 5. The Kier molecular flexibility index (Phi) is 4.84. The summed E-state index contributed by atoms with van der Waals surface area (Å²) in [6.45, 7) is 7.20. The number of sulfone groups is 1. The van der Waals surface area contributed by atoms with Crippen LogP contribution in [0.25, 0.3) is 0 Å². The van der Waals surface area contributed by atoms with Gasteiger partial charge in [0.15, 0.2) is 9.84 Å². The van der Waals surface area contributed by atoms with Gasteiger partial charge in [-0.3, -0.25) is 11.3 Å². The summed E-state index contributed by atoms with van der Waals surface area (Å²) in [7, 11) is -1.74. The highest BCUT2D eigenvalue weighted by atomic mass is 32.2. The maximum Gasteiger partial charge on any atom is 0.154 e. The lowest BCUT2D eigenvalue weighted by Gasteiger charge is -2.34. The Balaban J connectivity index is 3.56. The Morgan fingerprint density at radius 1 is 1.30 bits per heavy atom. The van der Waals surface area contributed by atoms with E-state index >= 15 is 0 Å². The summed E-state index contributed by atoms with van der Waals surface area (Å²) in [6, 6.07) is 3.30. The van der Waals surface area contributed by atoms with Crippen LogP contribution in [0.4, 0.5) is 0 Å². The number of methoxy groups -OCH3 is 1. The minimum atomic E-state index is -3.31. The first-order chi connectivity index (χ1) is 9.06. The maximum absolute atomic E-state index is 12.1. The third kappa shape index (κ3) is 2.97. The van der Waals surface area contributed by atoms with Crippen LogP contribution in [0, 0.1) is 13.8 Å². The number of aryl methyl sites for hydroxylation is 2. The molecule has 0 aliphatic rings. The smallest absolute Gasteiger partial charge is 0.154 e. The minimum Gasteiger partial charge on any atom is -0.496 e. The summed E-state index contributed by atoms with van der Waals surface area (Å²) < 4.78 is 28.5. The molecule has 0 bridgehead atoms. The summed E-state index contributed by atoms with van der Waals surface area (Å²) in [5.41, 5.74) is 5.41. The monoisotopic (exact) mass is 300 g/mol. The number of hydrogen-bond acceptors (Lipinski definition) is 5. The highest BCUT2D eigenvalue weighted by Crippen LogP contribution is 2.38. The zero-order valence-corrected chi connectivity index (χ0v) is 13.8. The molecule has 1 aromatic carbocycles. The predicted molar refractivity (Wildman–Crippen MR) is 81.5 cm³/mol. The average Bonchev–Trinajstić information content (AvgIpc) is 2.30. The second-order valence-electron chi connectivity index (χ2n) is 5.67. The van der Waals surface area contributed by atoms with Crippen LogP contribution < -0.4 is 16.0 Å². The predicted octanol–water partition coefficient (Wildman–Crippen LogP) is 1.64. The molecule has 0 radical (unpaired) electrons. The average molecular weight is 300 g/mol. The summed E-state index contributed by atoms with van der Waals surface area (Å²) in [5, 5.41) is 0. The van der Waals surface area contributed by atoms with E-state index in [1.54, 1.807) is 21.0 Å². The molecule has 3 N–H and O–H groups in total. The molecule has 1 rings (SSSR count). The van der Waals surface area contributed by atoms with Crippen LogP contribution in [-0.2, 0) is 9.84 Å². The molecule has 5 nitrogen and oxygen atoms in total. The van der Waals surface area contributed by atoms with Crippen LogP contribution >= 0.6 is 0 Å². The van der Waals surface area contributed by atoms with Gasteiger partial charge in [0.2, 0.25) is 0 Å². The molecule has 0 fully saturated rings. The second kappa shape index (κ2) is 5.71. The Morgan fingerprint density at radius 2 is 1.85 bits per heavy atom. The highest BCUT2D eigenvalue weighted by Gasteiger charge is 2.41. The third-order valence-corrected chi connectivity index (χ3v) is 5.97. The van der Waals surface area contributed by atoms with Gasteiger partial charge in [-0.2, -0.15) is 0 Å². The van der Waals surface area contributed by atoms with Crippen LogP contribution in [-0.4, -0.2) is 26.5 Å². The number of hydrogen-bond donors (Lipinski definition) is 2. The SMILES string of the molecule is COc1cc(C)cc(C)c1C(NN)C(C)(C)S(C)(=O)=O. The van der Waals surface area contributed by atoms with Gasteiger partial charge in [0.1, 0.15) is 5.75 Å². The summed E-state index contributed by atoms with van der Waals surface area (Å²) in [4.78, 5) is 0. The lowest BCUT2D eigenvalue weighted by molar-refractivity contribution is 0.377. The molecule has 0 aromatic heterocycles. The first-order valence-corrected chi connectivity index (χ1v) is 8.26. The van der Waals surface area contributed by atoms with Crippen molar-refractivity contribution in [1.82, 2.24) is 5.43 Å². The number of benzene rings is 1. The molecule has 0 amide bonds. The van der Waals surface area contributed by atoms with Crippen molar-refractivity contribution in [3.05, 3.63) is 28.8 Å². The van der Waals surface area contributed by atoms with Crippen molar-refractivity contribution in [2.75, 3.05) is 13.4 Å². The van der Waals surface area contributed by atoms with Crippen molar-refractivity contribution >= 4 is 9.84 Å². The molecule has 1 atom stereocenters. The van der Waals surface area contributed by atoms with Crippen molar-refractivity contribution in [3.8, 4) is 5.75 Å². The van der Waals surface area contributed by atoms with Gasteiger partial charge in [0.05, 0.1) is 17.9 Å². The first kappa shape index (κ1) is 16.9. The lowest BCUT2D eigenvalue weighted by atomic mass is 9.90. The molecule has 0 saturated heterocycles. The molecule has 1 aromatic rings. The van der Waals surface area contributed by atoms with E-state index in [1.807, 2.05) is 26.0 Å². The Morgan fingerprint density at radius 3 is 2.25 bits per heavy atom. The maximum atomic E-state index is 12.1. The van der Waals surface area contributed by atoms with Crippen molar-refractivity contribution in [2.24, 2.45) is 5.84 Å². The van der Waals surface area contributed by atoms with E-state index < -0.39 is 20.6 Å². The minimum absolute atomic E-state index is 0.562. The zero-order valence-electron chi connectivity index (χ0n) is 12.9. The zero-order chi connectivity index (χ0) is 15.7. The van der Waals surface area contributed by atoms with Crippen molar-refractivity contribution in [1.29, 1.82) is 0 Å². The second-order valence-corrected chi connectivity index (χ2v) is 8.27. The molecule has 0 saturated carbocycles. The third-order valence-electron chi connectivity index (χ3n) is 3.82. The standard InChI is InChI=1S/C14H24N2O3S/c1-9-7-10(2)12(11(8-9)19-5)13(16-15)14(3,4)20(6,17)18/h7-8,13,16H,15H2,1-6H3. The lowest BCUT2D eigenvalue weighted by Crippen LogP contribution is -2.47. The van der Waals surface area contributed by atoms with E-state index in [2.05, 4.69) is 5.43 Å². The topological polar surface area (TPSA) is 81.4 Å². The van der Waals surface area contributed by atoms with Crippen LogP contribution in [0.15, 0.2) is 12.1 Å². The van der Waals surface area contributed by atoms with E-state index in [-0.39, 0.29) is 0 Å². The van der Waals surface area contributed by atoms with Gasteiger partial charge < -0.3 is 4.74 Å². The Bertz CT molecular complexity index is 595. The Labute approximate surface area is 121 Å². The first-order valence-electron chi connectivity index (χ1n) is 6.37. The van der Waals surface area contributed by atoms with Gasteiger partial charge in [-0.25, -0.2) is 8.42 Å². The normalized spacial score (nSPS) is 14.2. The quantitative estimate of drug-likeness (QED) is 0.638. The molecule has 20 heavy (non-hydrogen) atoms. The Hall–Kier alpha value is -1.11. The molecular weight excluding hydrogens is 276 g/mol. The van der Waals surface area contributed by atoms with Gasteiger partial charge in [-0.1, -0.05) is 6.07 Å². The number of hydrazine groups is 1. The molecule has 0 aliphatic heterocycles. The van der Waals surface area contributed by atoms with Crippen LogP contribution in [0.1, 0.15) is 36.6 Å². The van der Waals surface area contributed by atoms with Crippen LogP contribution in [0.3, 0.4) is 0 Å². The molecule has 1 unspecified atom stereocenters. The van der Waals surface area contributed by atoms with E-state index in [4.69, 9.17) is 10.6 Å². The molecule has 0 spiro atoms. The molecule has 114 valence electrons. The highest BCUT2D eigenvalue weighted by molar-refractivity contribution is 7.92. The summed E-state index contributed by atoms with van der Waals surface area (Å²) in [6.07, 6.45) is 1.22. The van der Waals surface area contributed by atoms with E-state index in [0.717, 1.165) is 16.7 Å². The molecule has 0 aliphatic carbocycles. The van der Waals surface area contributed by atoms with Gasteiger partial charge >= 0.3 is 0 Å². The fourth-order valence-electron chi connectivity index (χ4n) is 2.32. The number of nitrogens with two attached hydrogens (primary N) is 1. The fraction of sp³-hybridized carbons (Fsp3) is 0.571. The van der Waals surface area contributed by atoms with Gasteiger partial charge in [0, 0.05) is 11.8 Å². The van der Waals surface area contributed by atoms with Crippen molar-refractivity contribution in [2.45, 2.75) is 38.5 Å². The number of ether oxygens (including phenoxy) is 1. The fourth-order valence-corrected chi connectivity index (χ4v) is 2.94. The van der Waals surface area contributed by atoms with Crippen molar-refractivity contribution < 1.29 is 13.2 Å². The molecule has 6 heteroatoms. The van der Waals surface area contributed by atoms with Gasteiger partial charge in [-0.15, -0.1) is 0 Å². The van der Waals surface area contributed by atoms with E-state index in [0.29, 0.717) is 5.75 Å².